The number of hydrogen-bond acceptors (Lipinski definition) is 2. The first-order chi connectivity index (χ1) is 11.1. The van der Waals surface area contributed by atoms with Crippen molar-refractivity contribution in [3.8, 4) is 11.8 Å². The van der Waals surface area contributed by atoms with Crippen molar-refractivity contribution in [1.29, 1.82) is 0 Å². The highest BCUT2D eigenvalue weighted by atomic mass is 32.2. The van der Waals surface area contributed by atoms with Crippen LogP contribution in [0.1, 0.15) is 36.5 Å². The van der Waals surface area contributed by atoms with Gasteiger partial charge in [-0.05, 0) is 62.1 Å². The Hall–Kier alpha value is -2.18. The predicted molar refractivity (Wildman–Crippen MR) is 97.7 cm³/mol. The molecule has 0 aliphatic rings. The van der Waals surface area contributed by atoms with E-state index in [4.69, 9.17) is 0 Å². The van der Waals surface area contributed by atoms with E-state index < -0.39 is 0 Å². The topological polar surface area (TPSA) is 29.1 Å². The highest BCUT2D eigenvalue weighted by molar-refractivity contribution is 7.98. The standard InChI is InChI=1S/C20H21NOS/c1-4-21-20(22)15(2)18-11-7-16(8-12-18)5-6-17-9-13-19(23-3)14-10-17/h7-15H,4H2,1-3H3,(H,21,22). The van der Waals surface area contributed by atoms with E-state index in [9.17, 15) is 4.79 Å². The van der Waals surface area contributed by atoms with Crippen molar-refractivity contribution in [2.45, 2.75) is 24.7 Å². The van der Waals surface area contributed by atoms with Crippen molar-refractivity contribution >= 4 is 17.7 Å². The Bertz CT molecular complexity index is 708. The zero-order valence-corrected chi connectivity index (χ0v) is 14.5. The molecule has 0 aromatic heterocycles. The average molecular weight is 323 g/mol. The fourth-order valence-electron chi connectivity index (χ4n) is 2.15. The molecule has 1 amide bonds. The van der Waals surface area contributed by atoms with Crippen LogP contribution in [-0.2, 0) is 4.79 Å². The summed E-state index contributed by atoms with van der Waals surface area (Å²) in [6, 6.07) is 16.1. The molecule has 2 aromatic rings. The van der Waals surface area contributed by atoms with Gasteiger partial charge in [0.1, 0.15) is 0 Å². The lowest BCUT2D eigenvalue weighted by Gasteiger charge is -2.11. The van der Waals surface area contributed by atoms with E-state index in [0.29, 0.717) is 6.54 Å². The zero-order chi connectivity index (χ0) is 16.7. The molecule has 0 saturated carbocycles. The molecule has 0 saturated heterocycles. The van der Waals surface area contributed by atoms with E-state index in [1.54, 1.807) is 11.8 Å². The fourth-order valence-corrected chi connectivity index (χ4v) is 2.56. The summed E-state index contributed by atoms with van der Waals surface area (Å²) in [6.07, 6.45) is 2.06. The predicted octanol–water partition coefficient (Wildman–Crippen LogP) is 4.05. The van der Waals surface area contributed by atoms with Crippen molar-refractivity contribution in [3.63, 3.8) is 0 Å². The van der Waals surface area contributed by atoms with Crippen molar-refractivity contribution in [3.05, 3.63) is 65.2 Å². The third-order valence-electron chi connectivity index (χ3n) is 3.60. The fraction of sp³-hybridized carbons (Fsp3) is 0.250. The molecule has 118 valence electrons. The highest BCUT2D eigenvalue weighted by Gasteiger charge is 2.13. The number of carbonyl (C=O) groups is 1. The molecule has 2 aromatic carbocycles. The molecule has 0 radical (unpaired) electrons. The minimum Gasteiger partial charge on any atom is -0.356 e. The molecule has 2 nitrogen and oxygen atoms in total. The Morgan fingerprint density at radius 2 is 1.57 bits per heavy atom. The molecule has 0 fully saturated rings. The van der Waals surface area contributed by atoms with Crippen LogP contribution in [0.25, 0.3) is 0 Å². The molecule has 0 spiro atoms. The van der Waals surface area contributed by atoms with Crippen LogP contribution in [0.4, 0.5) is 0 Å². The Labute approximate surface area is 142 Å². The Morgan fingerprint density at radius 1 is 1.04 bits per heavy atom. The molecule has 0 aliphatic heterocycles. The summed E-state index contributed by atoms with van der Waals surface area (Å²) in [6.45, 7) is 4.50. The molecule has 1 unspecified atom stereocenters. The second kappa shape index (κ2) is 8.45. The largest absolute Gasteiger partial charge is 0.356 e. The normalized spacial score (nSPS) is 11.3. The van der Waals surface area contributed by atoms with Crippen LogP contribution in [0, 0.1) is 11.8 Å². The minimum atomic E-state index is -0.143. The molecular weight excluding hydrogens is 302 g/mol. The van der Waals surface area contributed by atoms with E-state index in [0.717, 1.165) is 16.7 Å². The molecule has 23 heavy (non-hydrogen) atoms. The monoisotopic (exact) mass is 323 g/mol. The SMILES string of the molecule is CCNC(=O)C(C)c1ccc(C#Cc2ccc(SC)cc2)cc1. The van der Waals surface area contributed by atoms with E-state index >= 15 is 0 Å². The molecule has 1 atom stereocenters. The van der Waals surface area contributed by atoms with E-state index in [-0.39, 0.29) is 11.8 Å². The summed E-state index contributed by atoms with van der Waals surface area (Å²) in [5, 5.41) is 2.85. The quantitative estimate of drug-likeness (QED) is 0.679. The summed E-state index contributed by atoms with van der Waals surface area (Å²) in [4.78, 5) is 13.1. The number of likely N-dealkylation sites (N-methyl/N-ethyl adjacent to an activating group) is 1. The maximum Gasteiger partial charge on any atom is 0.227 e. The summed E-state index contributed by atoms with van der Waals surface area (Å²) in [5.41, 5.74) is 2.96. The first-order valence-electron chi connectivity index (χ1n) is 7.67. The summed E-state index contributed by atoms with van der Waals surface area (Å²) in [5.74, 6) is 6.24. The van der Waals surface area contributed by atoms with Crippen molar-refractivity contribution in [1.82, 2.24) is 5.32 Å². The number of benzene rings is 2. The van der Waals surface area contributed by atoms with E-state index in [1.165, 1.54) is 4.90 Å². The van der Waals surface area contributed by atoms with E-state index in [2.05, 4.69) is 35.5 Å². The second-order valence-corrected chi connectivity index (χ2v) is 6.10. The summed E-state index contributed by atoms with van der Waals surface area (Å²) in [7, 11) is 0. The maximum absolute atomic E-state index is 11.9. The lowest BCUT2D eigenvalue weighted by Crippen LogP contribution is -2.27. The minimum absolute atomic E-state index is 0.0558. The van der Waals surface area contributed by atoms with Crippen LogP contribution in [0.5, 0.6) is 0 Å². The van der Waals surface area contributed by atoms with Crippen molar-refractivity contribution in [2.24, 2.45) is 0 Å². The third-order valence-corrected chi connectivity index (χ3v) is 4.34. The van der Waals surface area contributed by atoms with Crippen molar-refractivity contribution < 1.29 is 4.79 Å². The molecule has 2 rings (SSSR count). The number of carbonyl (C=O) groups excluding carboxylic acids is 1. The molecular formula is C20H21NOS. The van der Waals surface area contributed by atoms with E-state index in [1.807, 2.05) is 50.2 Å². The van der Waals surface area contributed by atoms with Gasteiger partial charge in [-0.2, -0.15) is 0 Å². The molecule has 0 bridgehead atoms. The van der Waals surface area contributed by atoms with Gasteiger partial charge < -0.3 is 5.32 Å². The van der Waals surface area contributed by atoms with Crippen LogP contribution >= 0.6 is 11.8 Å². The first-order valence-corrected chi connectivity index (χ1v) is 8.90. The number of nitrogens with one attached hydrogen (secondary N) is 1. The number of thioether (sulfide) groups is 1. The van der Waals surface area contributed by atoms with Gasteiger partial charge in [-0.15, -0.1) is 11.8 Å². The maximum atomic E-state index is 11.9. The van der Waals surface area contributed by atoms with Crippen molar-refractivity contribution in [2.75, 3.05) is 12.8 Å². The lowest BCUT2D eigenvalue weighted by molar-refractivity contribution is -0.122. The van der Waals surface area contributed by atoms with Gasteiger partial charge in [-0.3, -0.25) is 4.79 Å². The van der Waals surface area contributed by atoms with Gasteiger partial charge in [0.2, 0.25) is 5.91 Å². The highest BCUT2D eigenvalue weighted by Crippen LogP contribution is 2.16. The van der Waals surface area contributed by atoms with Gasteiger partial charge in [-0.1, -0.05) is 24.0 Å². The molecule has 3 heteroatoms. The molecule has 0 aliphatic carbocycles. The molecule has 1 N–H and O–H groups in total. The van der Waals surface area contributed by atoms with Gasteiger partial charge >= 0.3 is 0 Å². The molecule has 0 heterocycles. The van der Waals surface area contributed by atoms with Gasteiger partial charge in [-0.25, -0.2) is 0 Å². The second-order valence-electron chi connectivity index (χ2n) is 5.22. The van der Waals surface area contributed by atoms with Gasteiger partial charge in [0.15, 0.2) is 0 Å². The Balaban J connectivity index is 2.08. The van der Waals surface area contributed by atoms with Crippen LogP contribution in [0.2, 0.25) is 0 Å². The van der Waals surface area contributed by atoms with Gasteiger partial charge in [0, 0.05) is 22.6 Å². The number of rotatable bonds is 4. The first kappa shape index (κ1) is 17.2. The Morgan fingerprint density at radius 3 is 2.04 bits per heavy atom. The van der Waals surface area contributed by atoms with Crippen LogP contribution in [0.15, 0.2) is 53.4 Å². The lowest BCUT2D eigenvalue weighted by atomic mass is 9.99. The third kappa shape index (κ3) is 4.91. The van der Waals surface area contributed by atoms with Crippen LogP contribution < -0.4 is 5.32 Å². The van der Waals surface area contributed by atoms with Crippen LogP contribution in [-0.4, -0.2) is 18.7 Å². The Kier molecular flexibility index (Phi) is 6.31. The van der Waals surface area contributed by atoms with Crippen LogP contribution in [0.3, 0.4) is 0 Å². The summed E-state index contributed by atoms with van der Waals surface area (Å²) >= 11 is 1.72. The summed E-state index contributed by atoms with van der Waals surface area (Å²) < 4.78 is 0. The zero-order valence-electron chi connectivity index (χ0n) is 13.7. The number of amides is 1. The average Bonchev–Trinajstić information content (AvgIpc) is 2.60. The van der Waals surface area contributed by atoms with Gasteiger partial charge in [0.25, 0.3) is 0 Å². The van der Waals surface area contributed by atoms with Gasteiger partial charge in [0.05, 0.1) is 5.92 Å². The smallest absolute Gasteiger partial charge is 0.227 e. The number of hydrogen-bond donors (Lipinski definition) is 1.